The number of carbonyl (C=O) groups is 1. The zero-order valence-electron chi connectivity index (χ0n) is 11.3. The highest BCUT2D eigenvalue weighted by Crippen LogP contribution is 2.14. The Bertz CT molecular complexity index is 380. The monoisotopic (exact) mass is 250 g/mol. The number of hydrogen-bond donors (Lipinski definition) is 2. The third-order valence-electron chi connectivity index (χ3n) is 2.54. The van der Waals surface area contributed by atoms with E-state index in [-0.39, 0.29) is 12.0 Å². The molecule has 18 heavy (non-hydrogen) atoms. The number of rotatable bonds is 7. The molecule has 1 atom stereocenters. The maximum absolute atomic E-state index is 12.0. The zero-order valence-corrected chi connectivity index (χ0v) is 11.3. The average Bonchev–Trinajstić information content (AvgIpc) is 2.37. The number of hydrogen-bond acceptors (Lipinski definition) is 3. The van der Waals surface area contributed by atoms with Crippen molar-refractivity contribution in [3.8, 4) is 0 Å². The van der Waals surface area contributed by atoms with Gasteiger partial charge in [0.2, 0.25) is 0 Å². The summed E-state index contributed by atoms with van der Waals surface area (Å²) in [6, 6.07) is 7.50. The first-order valence-electron chi connectivity index (χ1n) is 6.41. The number of benzene rings is 1. The Balaban J connectivity index is 2.60. The standard InChI is InChI=1S/C14H22N2O2/c1-4-15-13-9-7-6-8-12(13)14(17)16-10-11(3)18-5-2/h6-9,11,15H,4-5,10H2,1-3H3,(H,16,17). The lowest BCUT2D eigenvalue weighted by Crippen LogP contribution is -2.32. The summed E-state index contributed by atoms with van der Waals surface area (Å²) in [5, 5.41) is 6.06. The molecule has 1 unspecified atom stereocenters. The Labute approximate surface area is 109 Å². The van der Waals surface area contributed by atoms with Gasteiger partial charge in [0.25, 0.3) is 5.91 Å². The van der Waals surface area contributed by atoms with Crippen LogP contribution in [0.2, 0.25) is 0 Å². The largest absolute Gasteiger partial charge is 0.385 e. The van der Waals surface area contributed by atoms with E-state index in [1.165, 1.54) is 0 Å². The van der Waals surface area contributed by atoms with E-state index in [0.717, 1.165) is 12.2 Å². The van der Waals surface area contributed by atoms with Crippen LogP contribution in [0.15, 0.2) is 24.3 Å². The Hall–Kier alpha value is -1.55. The molecule has 0 aliphatic heterocycles. The average molecular weight is 250 g/mol. The predicted octanol–water partition coefficient (Wildman–Crippen LogP) is 2.27. The highest BCUT2D eigenvalue weighted by molar-refractivity contribution is 5.99. The molecule has 0 fully saturated rings. The second kappa shape index (κ2) is 7.71. The second-order valence-electron chi connectivity index (χ2n) is 4.05. The van der Waals surface area contributed by atoms with Crippen molar-refractivity contribution in [1.29, 1.82) is 0 Å². The van der Waals surface area contributed by atoms with Crippen LogP contribution in [-0.2, 0) is 4.74 Å². The lowest BCUT2D eigenvalue weighted by Gasteiger charge is -2.14. The van der Waals surface area contributed by atoms with Crippen molar-refractivity contribution in [1.82, 2.24) is 5.32 Å². The summed E-state index contributed by atoms with van der Waals surface area (Å²) < 4.78 is 5.38. The fourth-order valence-electron chi connectivity index (χ4n) is 1.70. The van der Waals surface area contributed by atoms with Crippen LogP contribution in [0, 0.1) is 0 Å². The molecule has 4 nitrogen and oxygen atoms in total. The van der Waals surface area contributed by atoms with Gasteiger partial charge in [0, 0.05) is 25.4 Å². The Kier molecular flexibility index (Phi) is 6.22. The summed E-state index contributed by atoms with van der Waals surface area (Å²) in [5.41, 5.74) is 1.53. The van der Waals surface area contributed by atoms with Crippen molar-refractivity contribution in [3.63, 3.8) is 0 Å². The van der Waals surface area contributed by atoms with Crippen LogP contribution in [-0.4, -0.2) is 31.7 Å². The summed E-state index contributed by atoms with van der Waals surface area (Å²) in [5.74, 6) is -0.0712. The fraction of sp³-hybridized carbons (Fsp3) is 0.500. The number of para-hydroxylation sites is 1. The van der Waals surface area contributed by atoms with Gasteiger partial charge in [-0.2, -0.15) is 0 Å². The van der Waals surface area contributed by atoms with Crippen molar-refractivity contribution in [2.75, 3.05) is 25.0 Å². The number of anilines is 1. The third-order valence-corrected chi connectivity index (χ3v) is 2.54. The molecule has 0 saturated heterocycles. The van der Waals surface area contributed by atoms with E-state index in [1.807, 2.05) is 45.0 Å². The second-order valence-corrected chi connectivity index (χ2v) is 4.05. The van der Waals surface area contributed by atoms with Crippen LogP contribution in [0.1, 0.15) is 31.1 Å². The van der Waals surface area contributed by atoms with Gasteiger partial charge < -0.3 is 15.4 Å². The molecule has 0 saturated carbocycles. The summed E-state index contributed by atoms with van der Waals surface area (Å²) in [4.78, 5) is 12.0. The third kappa shape index (κ3) is 4.37. The molecule has 0 aliphatic rings. The molecule has 0 radical (unpaired) electrons. The highest BCUT2D eigenvalue weighted by Gasteiger charge is 2.11. The number of ether oxygens (including phenoxy) is 1. The molecule has 2 N–H and O–H groups in total. The molecule has 100 valence electrons. The maximum atomic E-state index is 12.0. The number of nitrogens with one attached hydrogen (secondary N) is 2. The molecule has 0 aliphatic carbocycles. The summed E-state index contributed by atoms with van der Waals surface area (Å²) in [6.07, 6.45) is 0.0326. The summed E-state index contributed by atoms with van der Waals surface area (Å²) >= 11 is 0. The van der Waals surface area contributed by atoms with Crippen LogP contribution in [0.3, 0.4) is 0 Å². The Morgan fingerprint density at radius 1 is 1.33 bits per heavy atom. The molecule has 4 heteroatoms. The van der Waals surface area contributed by atoms with Gasteiger partial charge in [-0.05, 0) is 32.9 Å². The molecular formula is C14H22N2O2. The van der Waals surface area contributed by atoms with E-state index in [4.69, 9.17) is 4.74 Å². The van der Waals surface area contributed by atoms with E-state index < -0.39 is 0 Å². The predicted molar refractivity (Wildman–Crippen MR) is 74.0 cm³/mol. The molecule has 0 bridgehead atoms. The molecule has 1 rings (SSSR count). The lowest BCUT2D eigenvalue weighted by atomic mass is 10.1. The molecule has 1 aromatic rings. The van der Waals surface area contributed by atoms with Crippen molar-refractivity contribution in [2.45, 2.75) is 26.9 Å². The minimum absolute atomic E-state index is 0.0326. The topological polar surface area (TPSA) is 50.4 Å². The summed E-state index contributed by atoms with van der Waals surface area (Å²) in [6.45, 7) is 7.86. The molecule has 0 spiro atoms. The zero-order chi connectivity index (χ0) is 13.4. The van der Waals surface area contributed by atoms with Crippen LogP contribution in [0.25, 0.3) is 0 Å². The van der Waals surface area contributed by atoms with Crippen molar-refractivity contribution in [2.24, 2.45) is 0 Å². The first kappa shape index (κ1) is 14.5. The Morgan fingerprint density at radius 2 is 2.06 bits per heavy atom. The van der Waals surface area contributed by atoms with E-state index in [2.05, 4.69) is 10.6 Å². The van der Waals surface area contributed by atoms with Gasteiger partial charge in [-0.3, -0.25) is 4.79 Å². The number of amides is 1. The van der Waals surface area contributed by atoms with Gasteiger partial charge in [-0.15, -0.1) is 0 Å². The SMILES string of the molecule is CCNc1ccccc1C(=O)NCC(C)OCC. The first-order valence-corrected chi connectivity index (χ1v) is 6.41. The molecule has 1 amide bonds. The van der Waals surface area contributed by atoms with Gasteiger partial charge in [0.1, 0.15) is 0 Å². The smallest absolute Gasteiger partial charge is 0.253 e. The normalized spacial score (nSPS) is 11.9. The van der Waals surface area contributed by atoms with Crippen molar-refractivity contribution >= 4 is 11.6 Å². The van der Waals surface area contributed by atoms with Gasteiger partial charge in [0.15, 0.2) is 0 Å². The van der Waals surface area contributed by atoms with E-state index in [9.17, 15) is 4.79 Å². The molecule has 0 aromatic heterocycles. The van der Waals surface area contributed by atoms with Crippen molar-refractivity contribution in [3.05, 3.63) is 29.8 Å². The highest BCUT2D eigenvalue weighted by atomic mass is 16.5. The first-order chi connectivity index (χ1) is 8.69. The minimum Gasteiger partial charge on any atom is -0.385 e. The van der Waals surface area contributed by atoms with Crippen molar-refractivity contribution < 1.29 is 9.53 Å². The fourth-order valence-corrected chi connectivity index (χ4v) is 1.70. The van der Waals surface area contributed by atoms with Gasteiger partial charge >= 0.3 is 0 Å². The van der Waals surface area contributed by atoms with E-state index >= 15 is 0 Å². The van der Waals surface area contributed by atoms with Crippen LogP contribution in [0.4, 0.5) is 5.69 Å². The van der Waals surface area contributed by atoms with Gasteiger partial charge in [-0.25, -0.2) is 0 Å². The minimum atomic E-state index is -0.0712. The van der Waals surface area contributed by atoms with Gasteiger partial charge in [0.05, 0.1) is 11.7 Å². The van der Waals surface area contributed by atoms with Gasteiger partial charge in [-0.1, -0.05) is 12.1 Å². The van der Waals surface area contributed by atoms with Crippen LogP contribution in [0.5, 0.6) is 0 Å². The Morgan fingerprint density at radius 3 is 2.72 bits per heavy atom. The molecule has 1 aromatic carbocycles. The summed E-state index contributed by atoms with van der Waals surface area (Å²) in [7, 11) is 0. The number of carbonyl (C=O) groups excluding carboxylic acids is 1. The van der Waals surface area contributed by atoms with Crippen LogP contribution >= 0.6 is 0 Å². The maximum Gasteiger partial charge on any atom is 0.253 e. The van der Waals surface area contributed by atoms with E-state index in [1.54, 1.807) is 0 Å². The quantitative estimate of drug-likeness (QED) is 0.780. The lowest BCUT2D eigenvalue weighted by molar-refractivity contribution is 0.0695. The van der Waals surface area contributed by atoms with Crippen LogP contribution < -0.4 is 10.6 Å². The molecule has 0 heterocycles. The van der Waals surface area contributed by atoms with E-state index in [0.29, 0.717) is 18.7 Å². The molecular weight excluding hydrogens is 228 g/mol.